The fourth-order valence-electron chi connectivity index (χ4n) is 4.05. The molecule has 0 radical (unpaired) electrons. The lowest BCUT2D eigenvalue weighted by molar-refractivity contribution is 0.112. The minimum absolute atomic E-state index is 0.135. The predicted octanol–water partition coefficient (Wildman–Crippen LogP) is 10.7. The number of carbonyl (C=O) groups is 1. The molecule has 264 valence electrons. The van der Waals surface area contributed by atoms with Gasteiger partial charge in [0.15, 0.2) is 22.9 Å². The van der Waals surface area contributed by atoms with Crippen molar-refractivity contribution in [2.75, 3.05) is 13.2 Å². The number of benzene rings is 2. The van der Waals surface area contributed by atoms with Gasteiger partial charge in [-0.2, -0.15) is 0 Å². The van der Waals surface area contributed by atoms with Crippen molar-refractivity contribution >= 4 is 22.9 Å². The van der Waals surface area contributed by atoms with E-state index in [1.54, 1.807) is 0 Å². The normalized spacial score (nSPS) is 11.3. The second-order valence-corrected chi connectivity index (χ2v) is 25.2. The number of hydrogen-bond donors (Lipinski definition) is 0. The first-order valence-corrected chi connectivity index (χ1v) is 23.8. The van der Waals surface area contributed by atoms with Crippen molar-refractivity contribution in [1.82, 2.24) is 0 Å². The molecule has 2 aromatic rings. The summed E-state index contributed by atoms with van der Waals surface area (Å²) in [5.41, 5.74) is 5.17. The number of aldehydes is 1. The smallest absolute Gasteiger partial charge is 0.192 e. The van der Waals surface area contributed by atoms with Crippen LogP contribution in [0.1, 0.15) is 138 Å². The monoisotopic (exact) mass is 702 g/mol. The van der Waals surface area contributed by atoms with Crippen LogP contribution >= 0.6 is 0 Å². The van der Waals surface area contributed by atoms with E-state index >= 15 is 0 Å². The highest BCUT2D eigenvalue weighted by molar-refractivity contribution is 6.74. The summed E-state index contributed by atoms with van der Waals surface area (Å²) in [7, 11) is -3.72. The second-order valence-electron chi connectivity index (χ2n) is 15.6. The van der Waals surface area contributed by atoms with Crippen LogP contribution in [0.5, 0.6) is 0 Å². The summed E-state index contributed by atoms with van der Waals surface area (Å²) in [6.45, 7) is 27.7. The third-order valence-electron chi connectivity index (χ3n) is 9.25. The molecular formula is C45H58O3Si2. The van der Waals surface area contributed by atoms with Gasteiger partial charge in [-0.15, -0.1) is 0 Å². The lowest BCUT2D eigenvalue weighted by Gasteiger charge is -2.35. The Morgan fingerprint density at radius 3 is 1.36 bits per heavy atom. The maximum absolute atomic E-state index is 12.3. The Balaban J connectivity index is 2.56. The SMILES string of the molecule is CCCC#Cc1cc(C#CCCC)cc(C#Cc2cc(C#CCCO[Si](C)(C)C(C)(C)C)c(C=O)cc2C#CCCO[Si](C)(C)C(C)(C)C)c1. The van der Waals surface area contributed by atoms with E-state index in [1.165, 1.54) is 0 Å². The van der Waals surface area contributed by atoms with Crippen molar-refractivity contribution in [2.45, 2.75) is 130 Å². The first kappa shape index (κ1) is 42.4. The van der Waals surface area contributed by atoms with E-state index in [4.69, 9.17) is 8.85 Å². The van der Waals surface area contributed by atoms with Gasteiger partial charge in [0, 0.05) is 77.8 Å². The van der Waals surface area contributed by atoms with Crippen molar-refractivity contribution < 1.29 is 13.6 Å². The molecule has 2 aromatic carbocycles. The van der Waals surface area contributed by atoms with E-state index in [2.05, 4.69) is 141 Å². The van der Waals surface area contributed by atoms with E-state index in [0.29, 0.717) is 42.7 Å². The van der Waals surface area contributed by atoms with Crippen molar-refractivity contribution in [1.29, 1.82) is 0 Å². The molecule has 0 spiro atoms. The van der Waals surface area contributed by atoms with E-state index in [9.17, 15) is 4.79 Å². The second kappa shape index (κ2) is 19.6. The minimum atomic E-state index is -1.87. The molecule has 2 rings (SSSR count). The Morgan fingerprint density at radius 1 is 0.540 bits per heavy atom. The van der Waals surface area contributed by atoms with Gasteiger partial charge < -0.3 is 8.85 Å². The van der Waals surface area contributed by atoms with Gasteiger partial charge in [-0.1, -0.05) is 115 Å². The van der Waals surface area contributed by atoms with Gasteiger partial charge in [-0.05, 0) is 79.4 Å². The van der Waals surface area contributed by atoms with Crippen LogP contribution in [-0.2, 0) is 8.85 Å². The Morgan fingerprint density at radius 2 is 0.940 bits per heavy atom. The van der Waals surface area contributed by atoms with Gasteiger partial charge in [0.2, 0.25) is 0 Å². The van der Waals surface area contributed by atoms with E-state index < -0.39 is 16.6 Å². The Labute approximate surface area is 307 Å². The highest BCUT2D eigenvalue weighted by atomic mass is 28.4. The molecule has 0 amide bonds. The van der Waals surface area contributed by atoms with Gasteiger partial charge in [0.25, 0.3) is 0 Å². The zero-order valence-electron chi connectivity index (χ0n) is 32.8. The summed E-state index contributed by atoms with van der Waals surface area (Å²) in [6, 6.07) is 9.74. The molecular weight excluding hydrogens is 645 g/mol. The van der Waals surface area contributed by atoms with Gasteiger partial charge in [0.05, 0.1) is 0 Å². The summed E-state index contributed by atoms with van der Waals surface area (Å²) in [4.78, 5) is 12.3. The number of carbonyl (C=O) groups excluding carboxylic acids is 1. The van der Waals surface area contributed by atoms with Crippen LogP contribution in [0, 0.1) is 59.2 Å². The molecule has 0 atom stereocenters. The van der Waals surface area contributed by atoms with Crippen molar-refractivity contribution in [3.8, 4) is 59.2 Å². The van der Waals surface area contributed by atoms with Crippen LogP contribution in [0.3, 0.4) is 0 Å². The molecule has 0 aliphatic rings. The van der Waals surface area contributed by atoms with E-state index in [1.807, 2.05) is 30.3 Å². The maximum Gasteiger partial charge on any atom is 0.192 e. The molecule has 0 aliphatic carbocycles. The third-order valence-corrected chi connectivity index (χ3v) is 18.3. The van der Waals surface area contributed by atoms with Crippen molar-refractivity contribution in [3.05, 3.63) is 69.3 Å². The summed E-state index contributed by atoms with van der Waals surface area (Å²) < 4.78 is 12.6. The third kappa shape index (κ3) is 13.9. The first-order valence-electron chi connectivity index (χ1n) is 18.0. The molecule has 0 unspecified atom stereocenters. The fraction of sp³-hybridized carbons (Fsp3) is 0.489. The zero-order chi connectivity index (χ0) is 37.4. The Kier molecular flexibility index (Phi) is 16.6. The standard InChI is InChI=1S/C45H58O3Si2/c1-13-15-17-23-37-31-38(24-18-16-14-2)33-39(32-37)27-28-42-34-41(26-20-22-30-48-50(11,12)45(6,7)8)43(36-46)35-40(42)25-19-21-29-47-49(9,10)44(3,4)5/h31-36H,13-16,21-22,29-30H2,1-12H3. The number of rotatable bonds is 9. The Bertz CT molecular complexity index is 1750. The topological polar surface area (TPSA) is 35.5 Å². The van der Waals surface area contributed by atoms with Gasteiger partial charge in [-0.25, -0.2) is 0 Å². The highest BCUT2D eigenvalue weighted by Gasteiger charge is 2.37. The van der Waals surface area contributed by atoms with Crippen LogP contribution in [0.4, 0.5) is 0 Å². The molecule has 0 saturated carbocycles. The van der Waals surface area contributed by atoms with Crippen LogP contribution in [0.25, 0.3) is 0 Å². The van der Waals surface area contributed by atoms with Crippen LogP contribution in [-0.4, -0.2) is 36.1 Å². The Hall–Kier alpha value is -3.74. The average Bonchev–Trinajstić information content (AvgIpc) is 3.03. The average molecular weight is 703 g/mol. The molecule has 5 heteroatoms. The summed E-state index contributed by atoms with van der Waals surface area (Å²) in [6.07, 6.45) is 5.70. The molecule has 0 saturated heterocycles. The zero-order valence-corrected chi connectivity index (χ0v) is 34.8. The van der Waals surface area contributed by atoms with Gasteiger partial charge in [-0.3, -0.25) is 4.79 Å². The molecule has 0 bridgehead atoms. The summed E-state index contributed by atoms with van der Waals surface area (Å²) in [5, 5.41) is 0.271. The van der Waals surface area contributed by atoms with Crippen LogP contribution in [0.15, 0.2) is 30.3 Å². The summed E-state index contributed by atoms with van der Waals surface area (Å²) in [5.74, 6) is 32.8. The van der Waals surface area contributed by atoms with Crippen molar-refractivity contribution in [3.63, 3.8) is 0 Å². The van der Waals surface area contributed by atoms with Gasteiger partial charge in [0.1, 0.15) is 0 Å². The lowest BCUT2D eigenvalue weighted by Crippen LogP contribution is -2.40. The fourth-order valence-corrected chi connectivity index (χ4v) is 6.15. The molecule has 0 N–H and O–H groups in total. The molecule has 0 aromatic heterocycles. The highest BCUT2D eigenvalue weighted by Crippen LogP contribution is 2.37. The van der Waals surface area contributed by atoms with Crippen LogP contribution in [0.2, 0.25) is 36.3 Å². The van der Waals surface area contributed by atoms with Gasteiger partial charge >= 0.3 is 0 Å². The quantitative estimate of drug-likeness (QED) is 0.113. The van der Waals surface area contributed by atoms with Crippen LogP contribution < -0.4 is 0 Å². The molecule has 50 heavy (non-hydrogen) atoms. The first-order chi connectivity index (χ1) is 23.4. The lowest BCUT2D eigenvalue weighted by atomic mass is 9.98. The predicted molar refractivity (Wildman–Crippen MR) is 217 cm³/mol. The summed E-state index contributed by atoms with van der Waals surface area (Å²) >= 11 is 0. The molecule has 0 heterocycles. The van der Waals surface area contributed by atoms with E-state index in [-0.39, 0.29) is 10.1 Å². The maximum atomic E-state index is 12.3. The minimum Gasteiger partial charge on any atom is -0.416 e. The van der Waals surface area contributed by atoms with Crippen molar-refractivity contribution in [2.24, 2.45) is 0 Å². The van der Waals surface area contributed by atoms with E-state index in [0.717, 1.165) is 54.2 Å². The number of hydrogen-bond acceptors (Lipinski definition) is 3. The largest absolute Gasteiger partial charge is 0.416 e. The molecule has 0 fully saturated rings. The molecule has 0 aliphatic heterocycles. The molecule has 3 nitrogen and oxygen atoms in total. The number of unbranched alkanes of at least 4 members (excludes halogenated alkanes) is 2.